The van der Waals surface area contributed by atoms with Gasteiger partial charge in [-0.05, 0) is 50.2 Å². The van der Waals surface area contributed by atoms with Crippen LogP contribution < -0.4 is 15.4 Å². The summed E-state index contributed by atoms with van der Waals surface area (Å²) in [7, 11) is 0. The number of hydrogen-bond acceptors (Lipinski definition) is 7. The summed E-state index contributed by atoms with van der Waals surface area (Å²) in [5, 5.41) is 28.7. The Morgan fingerprint density at radius 1 is 1.18 bits per heavy atom. The van der Waals surface area contributed by atoms with E-state index in [4.69, 9.17) is 5.26 Å². The summed E-state index contributed by atoms with van der Waals surface area (Å²) in [4.78, 5) is 17.3. The average Bonchev–Trinajstić information content (AvgIpc) is 3.29. The van der Waals surface area contributed by atoms with Crippen LogP contribution in [0.2, 0.25) is 0 Å². The molecule has 196 valence electrons. The molecule has 0 aliphatic rings. The number of nitrogens with zero attached hydrogens (tertiary/aromatic N) is 4. The Labute approximate surface area is 215 Å². The van der Waals surface area contributed by atoms with Gasteiger partial charge < -0.3 is 20.5 Å². The third-order valence-electron chi connectivity index (χ3n) is 5.59. The summed E-state index contributed by atoms with van der Waals surface area (Å²) in [6.45, 7) is -0.885. The Kier molecular flexibility index (Phi) is 7.50. The van der Waals surface area contributed by atoms with Crippen molar-refractivity contribution in [1.29, 1.82) is 5.26 Å². The number of rotatable bonds is 9. The van der Waals surface area contributed by atoms with Crippen LogP contribution >= 0.6 is 0 Å². The van der Waals surface area contributed by atoms with Crippen LogP contribution in [0, 0.1) is 11.3 Å². The van der Waals surface area contributed by atoms with Gasteiger partial charge in [0.2, 0.25) is 0 Å². The van der Waals surface area contributed by atoms with E-state index in [-0.39, 0.29) is 17.0 Å². The highest BCUT2D eigenvalue weighted by Gasteiger charge is 2.27. The number of pyridine rings is 1. The van der Waals surface area contributed by atoms with Gasteiger partial charge in [-0.25, -0.2) is 8.91 Å². The van der Waals surface area contributed by atoms with Crippen LogP contribution in [0.3, 0.4) is 0 Å². The van der Waals surface area contributed by atoms with Gasteiger partial charge in [-0.1, -0.05) is 6.07 Å². The minimum absolute atomic E-state index is 0.0393. The number of carbonyl (C=O) groups excluding carboxylic acids is 1. The van der Waals surface area contributed by atoms with E-state index in [1.54, 1.807) is 34.8 Å². The average molecular weight is 525 g/mol. The van der Waals surface area contributed by atoms with E-state index in [9.17, 15) is 23.1 Å². The number of hydrogen-bond donors (Lipinski definition) is 3. The second-order valence-corrected chi connectivity index (χ2v) is 8.89. The summed E-state index contributed by atoms with van der Waals surface area (Å²) in [6, 6.07) is 14.5. The van der Waals surface area contributed by atoms with Crippen molar-refractivity contribution in [3.05, 3.63) is 72.1 Å². The number of nitrogens with one attached hydrogen (secondary N) is 2. The first-order chi connectivity index (χ1) is 18.0. The molecule has 0 aliphatic heterocycles. The van der Waals surface area contributed by atoms with Crippen molar-refractivity contribution >= 4 is 22.8 Å². The molecule has 1 amide bonds. The third kappa shape index (κ3) is 6.01. The molecule has 12 heteroatoms. The molecule has 3 aromatic heterocycles. The van der Waals surface area contributed by atoms with E-state index in [1.165, 1.54) is 44.4 Å². The first-order valence-corrected chi connectivity index (χ1v) is 11.4. The van der Waals surface area contributed by atoms with Crippen molar-refractivity contribution < 1.29 is 27.8 Å². The maximum Gasteiger partial charge on any atom is 0.387 e. The molecule has 38 heavy (non-hydrogen) atoms. The number of aliphatic hydroxyl groups is 1. The summed E-state index contributed by atoms with van der Waals surface area (Å²) >= 11 is 0. The fraction of sp³-hybridized carbons (Fsp3) is 0.231. The molecule has 9 nitrogen and oxygen atoms in total. The molecule has 3 N–H and O–H groups in total. The Morgan fingerprint density at radius 2 is 1.97 bits per heavy atom. The van der Waals surface area contributed by atoms with Crippen LogP contribution in [0.25, 0.3) is 16.9 Å². The van der Waals surface area contributed by atoms with Gasteiger partial charge >= 0.3 is 6.61 Å². The quantitative estimate of drug-likeness (QED) is 0.295. The number of aromatic nitrogens is 3. The first kappa shape index (κ1) is 26.4. The predicted molar refractivity (Wildman–Crippen MR) is 133 cm³/mol. The van der Waals surface area contributed by atoms with Gasteiger partial charge in [0, 0.05) is 18.0 Å². The minimum Gasteiger partial charge on any atom is -0.435 e. The molecule has 4 rings (SSSR count). The SMILES string of the molecule is CC(C)(O)C(F)CNC(=O)c1cnc(-c2ccc3cc(C#N)cnn23)cc1Nc1cccc(OC(F)F)c1. The van der Waals surface area contributed by atoms with Crippen molar-refractivity contribution in [3.8, 4) is 23.2 Å². The normalized spacial score (nSPS) is 12.3. The number of ether oxygens (including phenoxy) is 1. The number of alkyl halides is 3. The number of fused-ring (bicyclic) bond motifs is 1. The second kappa shape index (κ2) is 10.8. The summed E-state index contributed by atoms with van der Waals surface area (Å²) in [5.41, 5.74) is 0.951. The van der Waals surface area contributed by atoms with E-state index >= 15 is 0 Å². The van der Waals surface area contributed by atoms with Crippen molar-refractivity contribution in [2.75, 3.05) is 11.9 Å². The van der Waals surface area contributed by atoms with E-state index in [2.05, 4.69) is 25.5 Å². The number of halogens is 3. The monoisotopic (exact) mass is 524 g/mol. The minimum atomic E-state index is -3.01. The molecule has 0 radical (unpaired) electrons. The fourth-order valence-corrected chi connectivity index (χ4v) is 3.57. The predicted octanol–water partition coefficient (Wildman–Crippen LogP) is 4.45. The molecule has 0 saturated carbocycles. The van der Waals surface area contributed by atoms with Crippen molar-refractivity contribution in [3.63, 3.8) is 0 Å². The van der Waals surface area contributed by atoms with Gasteiger partial charge in [0.15, 0.2) is 0 Å². The highest BCUT2D eigenvalue weighted by Crippen LogP contribution is 2.29. The van der Waals surface area contributed by atoms with Crippen LogP contribution in [0.5, 0.6) is 5.75 Å². The van der Waals surface area contributed by atoms with E-state index in [1.807, 2.05) is 6.07 Å². The molecule has 0 bridgehead atoms. The van der Waals surface area contributed by atoms with E-state index < -0.39 is 30.8 Å². The number of benzene rings is 1. The first-order valence-electron chi connectivity index (χ1n) is 11.4. The topological polar surface area (TPSA) is 125 Å². The lowest BCUT2D eigenvalue weighted by Gasteiger charge is -2.22. The zero-order chi connectivity index (χ0) is 27.4. The Hall–Kier alpha value is -4.63. The molecular weight excluding hydrogens is 501 g/mol. The van der Waals surface area contributed by atoms with Gasteiger partial charge in [0.1, 0.15) is 18.0 Å². The van der Waals surface area contributed by atoms with Gasteiger partial charge in [-0.2, -0.15) is 19.1 Å². The highest BCUT2D eigenvalue weighted by molar-refractivity contribution is 6.00. The Morgan fingerprint density at radius 3 is 2.68 bits per heavy atom. The van der Waals surface area contributed by atoms with Crippen LogP contribution in [-0.2, 0) is 0 Å². The van der Waals surface area contributed by atoms with Crippen molar-refractivity contribution in [1.82, 2.24) is 19.9 Å². The zero-order valence-corrected chi connectivity index (χ0v) is 20.3. The Bertz CT molecular complexity index is 1510. The van der Waals surface area contributed by atoms with Crippen LogP contribution in [0.1, 0.15) is 29.8 Å². The lowest BCUT2D eigenvalue weighted by molar-refractivity contribution is -0.0498. The standard InChI is InChI=1S/C26H23F3N6O3/c1-26(2,37)23(27)14-32-24(36)19-13-31-21(22-7-6-17-8-15(11-30)12-33-35(17)22)10-20(19)34-16-4-3-5-18(9-16)38-25(28)29/h3-10,12-13,23,25,37H,14H2,1-2H3,(H,31,34)(H,32,36). The molecule has 1 atom stereocenters. The zero-order valence-electron chi connectivity index (χ0n) is 20.3. The van der Waals surface area contributed by atoms with Crippen LogP contribution in [0.15, 0.2) is 60.9 Å². The van der Waals surface area contributed by atoms with E-state index in [0.717, 1.165) is 0 Å². The molecule has 1 unspecified atom stereocenters. The Balaban J connectivity index is 1.71. The molecule has 4 aromatic rings. The molecular formula is C26H23F3N6O3. The van der Waals surface area contributed by atoms with E-state index in [0.29, 0.717) is 28.2 Å². The number of amides is 1. The van der Waals surface area contributed by atoms with Gasteiger partial charge in [-0.15, -0.1) is 0 Å². The molecule has 0 fully saturated rings. The van der Waals surface area contributed by atoms with Gasteiger partial charge in [0.05, 0.1) is 52.1 Å². The molecule has 0 saturated heterocycles. The van der Waals surface area contributed by atoms with Crippen molar-refractivity contribution in [2.45, 2.75) is 32.2 Å². The van der Waals surface area contributed by atoms with Gasteiger partial charge in [-0.3, -0.25) is 9.78 Å². The van der Waals surface area contributed by atoms with Crippen LogP contribution in [0.4, 0.5) is 24.5 Å². The van der Waals surface area contributed by atoms with Gasteiger partial charge in [0.25, 0.3) is 5.91 Å². The summed E-state index contributed by atoms with van der Waals surface area (Å²) in [6.07, 6.45) is 0.962. The second-order valence-electron chi connectivity index (χ2n) is 8.89. The highest BCUT2D eigenvalue weighted by atomic mass is 19.3. The van der Waals surface area contributed by atoms with Crippen molar-refractivity contribution in [2.24, 2.45) is 0 Å². The summed E-state index contributed by atoms with van der Waals surface area (Å²) in [5.74, 6) is -0.763. The lowest BCUT2D eigenvalue weighted by atomic mass is 10.0. The maximum atomic E-state index is 14.2. The lowest BCUT2D eigenvalue weighted by Crippen LogP contribution is -2.42. The number of nitriles is 1. The number of carbonyl (C=O) groups is 1. The van der Waals surface area contributed by atoms with Crippen LogP contribution in [-0.4, -0.2) is 50.5 Å². The largest absolute Gasteiger partial charge is 0.435 e. The fourth-order valence-electron chi connectivity index (χ4n) is 3.57. The molecule has 1 aromatic carbocycles. The molecule has 0 aliphatic carbocycles. The third-order valence-corrected chi connectivity index (χ3v) is 5.59. The smallest absolute Gasteiger partial charge is 0.387 e. The molecule has 3 heterocycles. The number of anilines is 2. The molecule has 0 spiro atoms. The summed E-state index contributed by atoms with van der Waals surface area (Å²) < 4.78 is 45.6. The maximum absolute atomic E-state index is 14.2.